The molecule has 4 rings (SSSR count). The van der Waals surface area contributed by atoms with Crippen molar-refractivity contribution in [2.75, 3.05) is 5.73 Å². The van der Waals surface area contributed by atoms with E-state index in [0.717, 1.165) is 21.2 Å². The lowest BCUT2D eigenvalue weighted by Gasteiger charge is -2.14. The maximum Gasteiger partial charge on any atom is 0.143 e. The average molecular weight is 378 g/mol. The summed E-state index contributed by atoms with van der Waals surface area (Å²) in [5.74, 6) is 0.128. The van der Waals surface area contributed by atoms with Crippen molar-refractivity contribution in [3.8, 4) is 23.3 Å². The van der Waals surface area contributed by atoms with Crippen molar-refractivity contribution in [1.29, 1.82) is 10.5 Å². The van der Waals surface area contributed by atoms with Crippen LogP contribution in [0.4, 0.5) is 5.82 Å². The van der Waals surface area contributed by atoms with Crippen LogP contribution < -0.4 is 5.73 Å². The van der Waals surface area contributed by atoms with Crippen molar-refractivity contribution in [2.45, 2.75) is 9.92 Å². The molecule has 28 heavy (non-hydrogen) atoms. The van der Waals surface area contributed by atoms with Crippen LogP contribution in [0, 0.1) is 22.7 Å². The number of nitrogen functional groups attached to an aromatic ring is 1. The summed E-state index contributed by atoms with van der Waals surface area (Å²) in [5, 5.41) is 22.2. The minimum Gasteiger partial charge on any atom is -0.383 e. The van der Waals surface area contributed by atoms with Gasteiger partial charge >= 0.3 is 0 Å². The lowest BCUT2D eigenvalue weighted by molar-refractivity contribution is 1.11. The summed E-state index contributed by atoms with van der Waals surface area (Å²) in [6.07, 6.45) is 0. The fraction of sp³-hybridized carbons (Fsp3) is 0. The quantitative estimate of drug-likeness (QED) is 0.517. The van der Waals surface area contributed by atoms with Gasteiger partial charge in [0.25, 0.3) is 0 Å². The van der Waals surface area contributed by atoms with Gasteiger partial charge in [-0.05, 0) is 28.5 Å². The predicted octanol–water partition coefficient (Wildman–Crippen LogP) is 5.38. The second-order valence-electron chi connectivity index (χ2n) is 6.09. The molecular weight excluding hydrogens is 364 g/mol. The number of nitriles is 2. The second-order valence-corrected chi connectivity index (χ2v) is 7.15. The van der Waals surface area contributed by atoms with Gasteiger partial charge in [0, 0.05) is 10.5 Å². The maximum absolute atomic E-state index is 9.97. The normalized spacial score (nSPS) is 10.4. The maximum atomic E-state index is 9.97. The van der Waals surface area contributed by atoms with E-state index in [1.165, 1.54) is 11.8 Å². The molecule has 2 N–H and O–H groups in total. The first-order valence-electron chi connectivity index (χ1n) is 8.57. The molecular formula is C23H14N4S. The topological polar surface area (TPSA) is 86.5 Å². The lowest BCUT2D eigenvalue weighted by Crippen LogP contribution is -2.03. The smallest absolute Gasteiger partial charge is 0.143 e. The van der Waals surface area contributed by atoms with Crippen molar-refractivity contribution in [1.82, 2.24) is 4.98 Å². The van der Waals surface area contributed by atoms with Crippen LogP contribution in [0.5, 0.6) is 0 Å². The first-order valence-corrected chi connectivity index (χ1v) is 9.39. The molecule has 0 unspecified atom stereocenters. The van der Waals surface area contributed by atoms with E-state index in [2.05, 4.69) is 17.1 Å². The predicted molar refractivity (Wildman–Crippen MR) is 112 cm³/mol. The minimum absolute atomic E-state index is 0.128. The Bertz CT molecular complexity index is 1260. The summed E-state index contributed by atoms with van der Waals surface area (Å²) in [4.78, 5) is 5.32. The van der Waals surface area contributed by atoms with Gasteiger partial charge in [-0.15, -0.1) is 0 Å². The third-order valence-corrected chi connectivity index (χ3v) is 5.43. The van der Waals surface area contributed by atoms with Crippen molar-refractivity contribution in [3.05, 3.63) is 83.9 Å². The summed E-state index contributed by atoms with van der Waals surface area (Å²) in [7, 11) is 0. The van der Waals surface area contributed by atoms with Gasteiger partial charge in [0.2, 0.25) is 0 Å². The van der Waals surface area contributed by atoms with Gasteiger partial charge in [-0.25, -0.2) is 4.98 Å². The van der Waals surface area contributed by atoms with E-state index in [0.29, 0.717) is 16.2 Å². The zero-order valence-electron chi connectivity index (χ0n) is 14.8. The summed E-state index contributed by atoms with van der Waals surface area (Å²) in [6, 6.07) is 27.8. The molecule has 0 spiro atoms. The second kappa shape index (κ2) is 7.44. The van der Waals surface area contributed by atoms with Gasteiger partial charge in [0.15, 0.2) is 0 Å². The molecule has 0 radical (unpaired) electrons. The average Bonchev–Trinajstić information content (AvgIpc) is 2.74. The number of fused-ring (bicyclic) bond motifs is 1. The van der Waals surface area contributed by atoms with Crippen LogP contribution in [0.3, 0.4) is 0 Å². The fourth-order valence-corrected chi connectivity index (χ4v) is 4.10. The van der Waals surface area contributed by atoms with Gasteiger partial charge < -0.3 is 5.73 Å². The van der Waals surface area contributed by atoms with Crippen LogP contribution in [-0.2, 0) is 0 Å². The number of nitrogens with zero attached hydrogens (tertiary/aromatic N) is 3. The molecule has 0 amide bonds. The number of nitrogens with two attached hydrogens (primary N) is 1. The Morgan fingerprint density at radius 2 is 1.46 bits per heavy atom. The Labute approximate surface area is 166 Å². The molecule has 0 fully saturated rings. The van der Waals surface area contributed by atoms with Crippen LogP contribution in [0.25, 0.3) is 21.9 Å². The molecule has 0 atom stereocenters. The molecule has 4 nitrogen and oxygen atoms in total. The van der Waals surface area contributed by atoms with Gasteiger partial charge in [-0.3, -0.25) is 0 Å². The Morgan fingerprint density at radius 3 is 2.21 bits per heavy atom. The van der Waals surface area contributed by atoms with Crippen molar-refractivity contribution in [3.63, 3.8) is 0 Å². The number of anilines is 1. The SMILES string of the molecule is N#Cc1c(N)nc(Sc2ccccc2)c(C#N)c1-c1cccc2ccccc12. The molecule has 0 saturated carbocycles. The zero-order valence-corrected chi connectivity index (χ0v) is 15.6. The molecule has 3 aromatic carbocycles. The van der Waals surface area contributed by atoms with E-state index < -0.39 is 0 Å². The number of hydrogen-bond acceptors (Lipinski definition) is 5. The van der Waals surface area contributed by atoms with Crippen LogP contribution in [0.1, 0.15) is 11.1 Å². The highest BCUT2D eigenvalue weighted by Crippen LogP contribution is 2.40. The van der Waals surface area contributed by atoms with Crippen LogP contribution in [0.15, 0.2) is 82.7 Å². The Hall–Kier alpha value is -3.80. The third-order valence-electron chi connectivity index (χ3n) is 4.43. The van der Waals surface area contributed by atoms with E-state index >= 15 is 0 Å². The van der Waals surface area contributed by atoms with Gasteiger partial charge in [0.1, 0.15) is 28.5 Å². The molecule has 1 heterocycles. The number of benzene rings is 3. The zero-order chi connectivity index (χ0) is 19.5. The number of aromatic nitrogens is 1. The molecule has 5 heteroatoms. The molecule has 4 aromatic rings. The highest BCUT2D eigenvalue weighted by molar-refractivity contribution is 7.99. The Balaban J connectivity index is 2.03. The Morgan fingerprint density at radius 1 is 0.786 bits per heavy atom. The number of rotatable bonds is 3. The van der Waals surface area contributed by atoms with E-state index in [4.69, 9.17) is 5.73 Å². The monoisotopic (exact) mass is 378 g/mol. The number of hydrogen-bond donors (Lipinski definition) is 1. The van der Waals surface area contributed by atoms with Gasteiger partial charge in [-0.2, -0.15) is 10.5 Å². The van der Waals surface area contributed by atoms with Crippen LogP contribution in [-0.4, -0.2) is 4.98 Å². The molecule has 0 aliphatic carbocycles. The molecule has 0 saturated heterocycles. The van der Waals surface area contributed by atoms with Gasteiger partial charge in [-0.1, -0.05) is 72.4 Å². The largest absolute Gasteiger partial charge is 0.383 e. The van der Waals surface area contributed by atoms with E-state index in [1.807, 2.05) is 72.8 Å². The lowest BCUT2D eigenvalue weighted by atomic mass is 9.92. The number of pyridine rings is 1. The van der Waals surface area contributed by atoms with Crippen molar-refractivity contribution < 1.29 is 0 Å². The minimum atomic E-state index is 0.128. The van der Waals surface area contributed by atoms with Crippen molar-refractivity contribution in [2.24, 2.45) is 0 Å². The van der Waals surface area contributed by atoms with E-state index in [1.54, 1.807) is 0 Å². The third kappa shape index (κ3) is 3.05. The summed E-state index contributed by atoms with van der Waals surface area (Å²) in [6.45, 7) is 0. The molecule has 0 bridgehead atoms. The van der Waals surface area contributed by atoms with Crippen LogP contribution in [0.2, 0.25) is 0 Å². The molecule has 0 aliphatic heterocycles. The molecule has 1 aromatic heterocycles. The highest BCUT2D eigenvalue weighted by atomic mass is 32.2. The highest BCUT2D eigenvalue weighted by Gasteiger charge is 2.22. The summed E-state index contributed by atoms with van der Waals surface area (Å²) in [5.41, 5.74) is 8.06. The summed E-state index contributed by atoms with van der Waals surface area (Å²) < 4.78 is 0. The summed E-state index contributed by atoms with van der Waals surface area (Å²) >= 11 is 1.36. The Kier molecular flexibility index (Phi) is 4.68. The van der Waals surface area contributed by atoms with Crippen molar-refractivity contribution >= 4 is 28.4 Å². The first kappa shape index (κ1) is 17.6. The van der Waals surface area contributed by atoms with Gasteiger partial charge in [0.05, 0.1) is 5.56 Å². The molecule has 0 aliphatic rings. The van der Waals surface area contributed by atoms with E-state index in [-0.39, 0.29) is 11.4 Å². The van der Waals surface area contributed by atoms with E-state index in [9.17, 15) is 10.5 Å². The van der Waals surface area contributed by atoms with Crippen LogP contribution >= 0.6 is 11.8 Å². The first-order chi connectivity index (χ1) is 13.7. The standard InChI is InChI=1S/C23H14N4S/c24-13-19-21(18-12-6-8-15-7-4-5-11-17(15)18)20(14-25)23(27-22(19)26)28-16-9-2-1-3-10-16/h1-12H,(H2,26,27). The molecule has 132 valence electrons. The fourth-order valence-electron chi connectivity index (χ4n) is 3.18.